The summed E-state index contributed by atoms with van der Waals surface area (Å²) in [6, 6.07) is 13.8. The monoisotopic (exact) mass is 543 g/mol. The second-order valence-corrected chi connectivity index (χ2v) is 11.6. The van der Waals surface area contributed by atoms with Crippen LogP contribution in [0.1, 0.15) is 13.8 Å². The first-order valence-electron chi connectivity index (χ1n) is 12.1. The lowest BCUT2D eigenvalue weighted by Crippen LogP contribution is -2.58. The molecule has 5 rings (SSSR count). The molecule has 2 aliphatic heterocycles. The topological polar surface area (TPSA) is 112 Å². The first kappa shape index (κ1) is 25.4. The second-order valence-electron chi connectivity index (χ2n) is 9.49. The van der Waals surface area contributed by atoms with Crippen LogP contribution in [0, 0.1) is 0 Å². The van der Waals surface area contributed by atoms with Crippen molar-refractivity contribution in [3.05, 3.63) is 53.7 Å². The summed E-state index contributed by atoms with van der Waals surface area (Å²) in [7, 11) is -3.46. The molecule has 37 heavy (non-hydrogen) atoms. The van der Waals surface area contributed by atoms with Gasteiger partial charge in [-0.3, -0.25) is 9.62 Å². The normalized spacial score (nSPS) is 17.5. The van der Waals surface area contributed by atoms with E-state index in [9.17, 15) is 8.42 Å². The zero-order valence-electron chi connectivity index (χ0n) is 20.9. The lowest BCUT2D eigenvalue weighted by molar-refractivity contribution is 0.142. The van der Waals surface area contributed by atoms with E-state index in [4.69, 9.17) is 16.3 Å². The molecule has 0 bridgehead atoms. The van der Waals surface area contributed by atoms with Gasteiger partial charge in [0.1, 0.15) is 17.4 Å². The molecule has 2 aromatic carbocycles. The number of nitrogens with one attached hydrogen (secondary N) is 3. The largest absolute Gasteiger partial charge is 0.489 e. The number of hydrogen-bond acceptors (Lipinski definition) is 9. The van der Waals surface area contributed by atoms with Crippen molar-refractivity contribution in [2.45, 2.75) is 25.9 Å². The summed E-state index contributed by atoms with van der Waals surface area (Å²) >= 11 is 6.34. The first-order valence-corrected chi connectivity index (χ1v) is 14.3. The van der Waals surface area contributed by atoms with Crippen molar-refractivity contribution in [2.24, 2.45) is 0 Å². The van der Waals surface area contributed by atoms with E-state index in [2.05, 4.69) is 55.0 Å². The van der Waals surface area contributed by atoms with E-state index in [1.165, 1.54) is 6.20 Å². The van der Waals surface area contributed by atoms with Gasteiger partial charge < -0.3 is 20.3 Å². The fourth-order valence-electron chi connectivity index (χ4n) is 4.59. The minimum Gasteiger partial charge on any atom is -0.489 e. The number of ether oxygens (including phenoxy) is 1. The third-order valence-electron chi connectivity index (χ3n) is 6.42. The number of halogens is 1. The zero-order valence-corrected chi connectivity index (χ0v) is 22.5. The van der Waals surface area contributed by atoms with Gasteiger partial charge in [0, 0.05) is 37.4 Å². The highest BCUT2D eigenvalue weighted by molar-refractivity contribution is 7.92. The number of fused-ring (bicyclic) bond motifs is 3. The van der Waals surface area contributed by atoms with Crippen molar-refractivity contribution < 1.29 is 13.2 Å². The van der Waals surface area contributed by atoms with Crippen molar-refractivity contribution in [1.82, 2.24) is 14.9 Å². The molecule has 1 fully saturated rings. The van der Waals surface area contributed by atoms with Gasteiger partial charge in [0.05, 0.1) is 35.6 Å². The summed E-state index contributed by atoms with van der Waals surface area (Å²) in [5, 5.41) is 6.60. The molecule has 1 atom stereocenters. The number of nitrogens with zero attached hydrogens (tertiary/aromatic N) is 4. The highest BCUT2D eigenvalue weighted by atomic mass is 35.5. The van der Waals surface area contributed by atoms with Gasteiger partial charge in [0.2, 0.25) is 16.0 Å². The van der Waals surface area contributed by atoms with Gasteiger partial charge >= 0.3 is 0 Å². The Morgan fingerprint density at radius 2 is 1.89 bits per heavy atom. The van der Waals surface area contributed by atoms with Crippen molar-refractivity contribution >= 4 is 56.1 Å². The minimum absolute atomic E-state index is 0.292. The predicted molar refractivity (Wildman–Crippen MR) is 148 cm³/mol. The fraction of sp³-hybridized carbons (Fsp3) is 0.360. The van der Waals surface area contributed by atoms with Gasteiger partial charge in [0.15, 0.2) is 5.82 Å². The molecule has 3 N–H and O–H groups in total. The summed E-state index contributed by atoms with van der Waals surface area (Å²) in [5.41, 5.74) is 2.77. The molecular weight excluding hydrogens is 514 g/mol. The van der Waals surface area contributed by atoms with E-state index in [-0.39, 0.29) is 0 Å². The maximum atomic E-state index is 11.7. The Morgan fingerprint density at radius 3 is 2.65 bits per heavy atom. The van der Waals surface area contributed by atoms with E-state index in [1.807, 2.05) is 12.1 Å². The number of para-hydroxylation sites is 2. The van der Waals surface area contributed by atoms with Gasteiger partial charge in [0.25, 0.3) is 0 Å². The number of aromatic nitrogens is 2. The number of hydrogen-bond donors (Lipinski definition) is 3. The van der Waals surface area contributed by atoms with Gasteiger partial charge in [-0.1, -0.05) is 23.7 Å². The van der Waals surface area contributed by atoms with Crippen molar-refractivity contribution in [3.63, 3.8) is 0 Å². The summed E-state index contributed by atoms with van der Waals surface area (Å²) in [6.45, 7) is 8.11. The highest BCUT2D eigenvalue weighted by Gasteiger charge is 2.33. The first-order chi connectivity index (χ1) is 17.7. The molecule has 1 saturated heterocycles. The molecule has 0 radical (unpaired) electrons. The maximum Gasteiger partial charge on any atom is 0.229 e. The smallest absolute Gasteiger partial charge is 0.229 e. The summed E-state index contributed by atoms with van der Waals surface area (Å²) in [6.07, 6.45) is 2.58. The lowest BCUT2D eigenvalue weighted by atomic mass is 10.1. The van der Waals surface area contributed by atoms with E-state index < -0.39 is 10.0 Å². The Bertz CT molecular complexity index is 1400. The third kappa shape index (κ3) is 5.84. The summed E-state index contributed by atoms with van der Waals surface area (Å²) in [5.74, 6) is 1.49. The number of anilines is 6. The van der Waals surface area contributed by atoms with Crippen LogP contribution in [0.5, 0.6) is 5.75 Å². The molecule has 2 aliphatic rings. The molecule has 0 amide bonds. The summed E-state index contributed by atoms with van der Waals surface area (Å²) < 4.78 is 32.1. The molecule has 0 spiro atoms. The maximum absolute atomic E-state index is 11.7. The van der Waals surface area contributed by atoms with Crippen LogP contribution in [0.3, 0.4) is 0 Å². The predicted octanol–water partition coefficient (Wildman–Crippen LogP) is 4.28. The number of piperazine rings is 1. The van der Waals surface area contributed by atoms with Gasteiger partial charge in [-0.25, -0.2) is 13.4 Å². The number of benzene rings is 2. The molecule has 12 heteroatoms. The molecule has 0 aliphatic carbocycles. The van der Waals surface area contributed by atoms with Gasteiger partial charge in [-0.05, 0) is 38.1 Å². The van der Waals surface area contributed by atoms with Crippen LogP contribution in [0.2, 0.25) is 5.02 Å². The molecule has 10 nitrogen and oxygen atoms in total. The highest BCUT2D eigenvalue weighted by Crippen LogP contribution is 2.38. The van der Waals surface area contributed by atoms with Crippen LogP contribution in [0.4, 0.5) is 34.5 Å². The van der Waals surface area contributed by atoms with Crippen molar-refractivity contribution in [3.8, 4) is 5.75 Å². The van der Waals surface area contributed by atoms with E-state index in [1.54, 1.807) is 24.3 Å². The quantitative estimate of drug-likeness (QED) is 0.402. The molecule has 3 heterocycles. The molecule has 1 aromatic heterocycles. The fourth-order valence-corrected chi connectivity index (χ4v) is 5.31. The zero-order chi connectivity index (χ0) is 26.2. The molecule has 0 saturated carbocycles. The molecular formula is C25H30ClN7O3S. The van der Waals surface area contributed by atoms with Gasteiger partial charge in [-0.2, -0.15) is 4.98 Å². The molecule has 3 aromatic rings. The summed E-state index contributed by atoms with van der Waals surface area (Å²) in [4.78, 5) is 13.7. The van der Waals surface area contributed by atoms with Crippen LogP contribution in [-0.4, -0.2) is 67.9 Å². The Labute approximate surface area is 222 Å². The number of rotatable bonds is 7. The van der Waals surface area contributed by atoms with Crippen LogP contribution >= 0.6 is 11.6 Å². The average molecular weight is 544 g/mol. The minimum atomic E-state index is -3.46. The van der Waals surface area contributed by atoms with Crippen molar-refractivity contribution in [1.29, 1.82) is 0 Å². The van der Waals surface area contributed by atoms with E-state index >= 15 is 0 Å². The Kier molecular flexibility index (Phi) is 7.02. The van der Waals surface area contributed by atoms with E-state index in [0.717, 1.165) is 43.0 Å². The average Bonchev–Trinajstić information content (AvgIpc) is 2.85. The Balaban J connectivity index is 1.33. The van der Waals surface area contributed by atoms with E-state index in [0.29, 0.717) is 46.9 Å². The van der Waals surface area contributed by atoms with Crippen LogP contribution in [-0.2, 0) is 10.0 Å². The Morgan fingerprint density at radius 1 is 1.11 bits per heavy atom. The van der Waals surface area contributed by atoms with Crippen molar-refractivity contribution in [2.75, 3.05) is 52.8 Å². The van der Waals surface area contributed by atoms with Crippen LogP contribution in [0.25, 0.3) is 0 Å². The van der Waals surface area contributed by atoms with Crippen LogP contribution in [0.15, 0.2) is 48.7 Å². The standard InChI is InChI=1S/C25H30ClN7O3S/c1-16(2)32-10-11-33-18(14-32)15-36-23-12-17(8-9-22(23)33)28-25-27-13-19(26)24(30-25)29-20-6-4-5-7-21(20)31-37(3,34)35/h4-9,12-13,16,18,31H,10-11,14-15H2,1-3H3,(H2,27,28,29,30)/t18-/m0/s1. The van der Waals surface area contributed by atoms with Gasteiger partial charge in [-0.15, -0.1) is 0 Å². The molecule has 196 valence electrons. The SMILES string of the molecule is CC(C)N1CCN2c3ccc(Nc4ncc(Cl)c(Nc5ccccc5NS(C)(=O)=O)n4)cc3OC[C@@H]2C1. The Hall–Kier alpha value is -3.28. The van der Waals surface area contributed by atoms with Crippen LogP contribution < -0.4 is 25.0 Å². The third-order valence-corrected chi connectivity index (χ3v) is 7.29. The second kappa shape index (κ2) is 10.2. The number of sulfonamides is 1. The molecule has 0 unspecified atom stereocenters. The lowest BCUT2D eigenvalue weighted by Gasteiger charge is -2.46.